The van der Waals surface area contributed by atoms with Crippen molar-refractivity contribution >= 4 is 40.9 Å². The summed E-state index contributed by atoms with van der Waals surface area (Å²) in [6, 6.07) is 19.8. The maximum Gasteiger partial charge on any atom is 0.374 e. The molecule has 4 rings (SSSR count). The molecule has 0 saturated carbocycles. The molecule has 0 fully saturated rings. The lowest BCUT2D eigenvalue weighted by molar-refractivity contribution is -0.384. The smallest absolute Gasteiger partial charge is 0.374 e. The Bertz CT molecular complexity index is 1600. The van der Waals surface area contributed by atoms with Crippen molar-refractivity contribution in [1.82, 2.24) is 15.1 Å². The lowest BCUT2D eigenvalue weighted by Crippen LogP contribution is -2.57. The number of benzene rings is 3. The second-order valence-corrected chi connectivity index (χ2v) is 10.5. The van der Waals surface area contributed by atoms with E-state index < -0.39 is 58.9 Å². The lowest BCUT2D eigenvalue weighted by Gasteiger charge is -2.41. The molecule has 0 aliphatic carbocycles. The minimum absolute atomic E-state index is 0.0703. The fourth-order valence-electron chi connectivity index (χ4n) is 4.94. The van der Waals surface area contributed by atoms with E-state index in [1.54, 1.807) is 74.5 Å². The van der Waals surface area contributed by atoms with E-state index in [2.05, 4.69) is 5.32 Å². The summed E-state index contributed by atoms with van der Waals surface area (Å²) in [4.78, 5) is 78.1. The Kier molecular flexibility index (Phi) is 9.64. The Labute approximate surface area is 252 Å². The van der Waals surface area contributed by atoms with Gasteiger partial charge in [-0.15, -0.1) is 0 Å². The summed E-state index contributed by atoms with van der Waals surface area (Å²) in [6.07, 6.45) is 1.39. The zero-order valence-corrected chi connectivity index (χ0v) is 24.0. The maximum atomic E-state index is 14.1. The van der Waals surface area contributed by atoms with Gasteiger partial charge in [0.2, 0.25) is 5.91 Å². The number of Topliss-reactive ketones (excluding diaryl/α,β-unsaturated/α-hetero) is 1. The zero-order valence-electron chi connectivity index (χ0n) is 24.0. The van der Waals surface area contributed by atoms with Gasteiger partial charge < -0.3 is 15.3 Å². The van der Waals surface area contributed by atoms with E-state index in [1.165, 1.54) is 40.3 Å². The van der Waals surface area contributed by atoms with Crippen LogP contribution in [0.1, 0.15) is 35.3 Å². The van der Waals surface area contributed by atoms with Gasteiger partial charge in [0.15, 0.2) is 0 Å². The molecule has 1 aliphatic heterocycles. The highest BCUT2D eigenvalue weighted by Gasteiger charge is 2.41. The summed E-state index contributed by atoms with van der Waals surface area (Å²) in [5.41, 5.74) is 1.30. The van der Waals surface area contributed by atoms with Crippen LogP contribution >= 0.6 is 0 Å². The van der Waals surface area contributed by atoms with Crippen molar-refractivity contribution in [3.63, 3.8) is 0 Å². The Hall–Kier alpha value is -5.65. The Morgan fingerprint density at radius 3 is 2.07 bits per heavy atom. The quantitative estimate of drug-likeness (QED) is 0.193. The second-order valence-electron chi connectivity index (χ2n) is 10.5. The summed E-state index contributed by atoms with van der Waals surface area (Å²) in [7, 11) is 0. The van der Waals surface area contributed by atoms with Gasteiger partial charge in [0.1, 0.15) is 18.6 Å². The number of amides is 3. The van der Waals surface area contributed by atoms with E-state index in [0.29, 0.717) is 11.1 Å². The molecule has 0 aromatic heterocycles. The highest BCUT2D eigenvalue weighted by molar-refractivity contribution is 6.35. The van der Waals surface area contributed by atoms with Crippen molar-refractivity contribution in [2.45, 2.75) is 32.4 Å². The van der Waals surface area contributed by atoms with Gasteiger partial charge in [0.05, 0.1) is 10.6 Å². The van der Waals surface area contributed by atoms with E-state index in [9.17, 15) is 39.2 Å². The molecule has 2 N–H and O–H groups in total. The third-order valence-corrected chi connectivity index (χ3v) is 7.08. The van der Waals surface area contributed by atoms with E-state index >= 15 is 0 Å². The van der Waals surface area contributed by atoms with Crippen LogP contribution in [0.25, 0.3) is 5.70 Å². The molecule has 3 amide bonds. The number of carbonyl (C=O) groups is 5. The number of hydrogen-bond acceptors (Lipinski definition) is 7. The van der Waals surface area contributed by atoms with Crippen molar-refractivity contribution in [3.8, 4) is 0 Å². The van der Waals surface area contributed by atoms with Gasteiger partial charge in [0.25, 0.3) is 23.3 Å². The SMILES string of the molecule is CC(C)[C@H]1C(=O)N(CC(=O)N[C@@H](Cc2ccccc2)C(=O)C(=O)O)C(c2ccccc2)=CN1C(=O)c1ccc([N+](=O)[O-])cc1. The standard InChI is InChI=1S/C32H30N4O8/c1-20(2)28-31(40)34(19-27(37)33-25(29(38)32(41)42)17-21-9-5-3-6-10-21)26(22-11-7-4-8-12-22)18-35(28)30(39)23-13-15-24(16-14-23)36(43)44/h3-16,18,20,25,28H,17,19H2,1-2H3,(H,33,37)(H,41,42)/t25-,28-/m0/s1. The minimum Gasteiger partial charge on any atom is -0.475 e. The Balaban J connectivity index is 1.69. The van der Waals surface area contributed by atoms with Crippen molar-refractivity contribution in [3.05, 3.63) is 118 Å². The van der Waals surface area contributed by atoms with E-state index in [0.717, 1.165) is 0 Å². The first-order valence-corrected chi connectivity index (χ1v) is 13.7. The molecule has 1 aliphatic rings. The van der Waals surface area contributed by atoms with Crippen LogP contribution < -0.4 is 5.32 Å². The third-order valence-electron chi connectivity index (χ3n) is 7.08. The molecule has 226 valence electrons. The molecule has 12 heteroatoms. The number of carbonyl (C=O) groups excluding carboxylic acids is 4. The van der Waals surface area contributed by atoms with Crippen molar-refractivity contribution in [1.29, 1.82) is 0 Å². The van der Waals surface area contributed by atoms with Crippen LogP contribution in [-0.4, -0.2) is 67.9 Å². The molecule has 3 aromatic rings. The summed E-state index contributed by atoms with van der Waals surface area (Å²) in [5, 5.41) is 22.9. The number of carboxylic acid groups (broad SMARTS) is 1. The van der Waals surface area contributed by atoms with Crippen molar-refractivity contribution in [2.75, 3.05) is 6.54 Å². The van der Waals surface area contributed by atoms with Crippen LogP contribution in [0.4, 0.5) is 5.69 Å². The van der Waals surface area contributed by atoms with Gasteiger partial charge in [-0.3, -0.25) is 34.2 Å². The van der Waals surface area contributed by atoms with Crippen molar-refractivity contribution < 1.29 is 34.0 Å². The molecule has 44 heavy (non-hydrogen) atoms. The van der Waals surface area contributed by atoms with E-state index in [4.69, 9.17) is 0 Å². The van der Waals surface area contributed by atoms with Gasteiger partial charge in [-0.05, 0) is 29.2 Å². The first-order valence-electron chi connectivity index (χ1n) is 13.7. The van der Waals surface area contributed by atoms with E-state index in [1.807, 2.05) is 0 Å². The topological polar surface area (TPSA) is 167 Å². The number of non-ortho nitro benzene ring substituents is 1. The van der Waals surface area contributed by atoms with Crippen LogP contribution in [0, 0.1) is 16.0 Å². The average Bonchev–Trinajstić information content (AvgIpc) is 3.01. The predicted octanol–water partition coefficient (Wildman–Crippen LogP) is 3.28. The zero-order chi connectivity index (χ0) is 32.0. The number of nitrogens with zero attached hydrogens (tertiary/aromatic N) is 3. The number of nitrogens with one attached hydrogen (secondary N) is 1. The Morgan fingerprint density at radius 2 is 1.52 bits per heavy atom. The van der Waals surface area contributed by atoms with Crippen LogP contribution in [-0.2, 0) is 25.6 Å². The number of carboxylic acids is 1. The number of nitro groups is 1. The second kappa shape index (κ2) is 13.6. The Morgan fingerprint density at radius 1 is 0.932 bits per heavy atom. The molecule has 1 heterocycles. The molecule has 0 saturated heterocycles. The molecule has 3 aromatic carbocycles. The normalized spacial score (nSPS) is 15.4. The maximum absolute atomic E-state index is 14.1. The predicted molar refractivity (Wildman–Crippen MR) is 159 cm³/mol. The monoisotopic (exact) mass is 598 g/mol. The number of rotatable bonds is 11. The summed E-state index contributed by atoms with van der Waals surface area (Å²) < 4.78 is 0. The van der Waals surface area contributed by atoms with Crippen molar-refractivity contribution in [2.24, 2.45) is 5.92 Å². The summed E-state index contributed by atoms with van der Waals surface area (Å²) in [6.45, 7) is 2.92. The molecule has 0 radical (unpaired) electrons. The lowest BCUT2D eigenvalue weighted by atomic mass is 9.96. The molecule has 2 atom stereocenters. The van der Waals surface area contributed by atoms with Gasteiger partial charge >= 0.3 is 5.97 Å². The first-order chi connectivity index (χ1) is 21.0. The van der Waals surface area contributed by atoms with Gasteiger partial charge in [-0.25, -0.2) is 4.79 Å². The number of nitro benzene ring substituents is 1. The number of hydrogen-bond donors (Lipinski definition) is 2. The van der Waals surface area contributed by atoms with Crippen LogP contribution in [0.3, 0.4) is 0 Å². The molecule has 12 nitrogen and oxygen atoms in total. The number of aliphatic carboxylic acids is 1. The summed E-state index contributed by atoms with van der Waals surface area (Å²) >= 11 is 0. The number of ketones is 1. The molecule has 0 unspecified atom stereocenters. The molecular weight excluding hydrogens is 568 g/mol. The third kappa shape index (κ3) is 7.04. The van der Waals surface area contributed by atoms with E-state index in [-0.39, 0.29) is 23.4 Å². The highest BCUT2D eigenvalue weighted by Crippen LogP contribution is 2.31. The van der Waals surface area contributed by atoms with Gasteiger partial charge in [0, 0.05) is 30.3 Å². The average molecular weight is 599 g/mol. The fraction of sp³-hybridized carbons (Fsp3) is 0.219. The largest absolute Gasteiger partial charge is 0.475 e. The highest BCUT2D eigenvalue weighted by atomic mass is 16.6. The van der Waals surface area contributed by atoms with Gasteiger partial charge in [-0.1, -0.05) is 74.5 Å². The van der Waals surface area contributed by atoms with Crippen LogP contribution in [0.15, 0.2) is 91.1 Å². The molecule has 0 bridgehead atoms. The molecular formula is C32H30N4O8. The fourth-order valence-corrected chi connectivity index (χ4v) is 4.94. The first kappa shape index (κ1) is 31.3. The van der Waals surface area contributed by atoms with Gasteiger partial charge in [-0.2, -0.15) is 0 Å². The van der Waals surface area contributed by atoms with Crippen LogP contribution in [0.5, 0.6) is 0 Å². The minimum atomic E-state index is -1.70. The summed E-state index contributed by atoms with van der Waals surface area (Å²) in [5.74, 6) is -5.23. The van der Waals surface area contributed by atoms with Crippen LogP contribution in [0.2, 0.25) is 0 Å². The molecule has 0 spiro atoms.